The van der Waals surface area contributed by atoms with Crippen LogP contribution in [-0.4, -0.2) is 28.9 Å². The van der Waals surface area contributed by atoms with Gasteiger partial charge in [-0.1, -0.05) is 12.1 Å². The summed E-state index contributed by atoms with van der Waals surface area (Å²) < 4.78 is 25.0. The number of nitrogens with zero attached hydrogens (tertiary/aromatic N) is 2. The van der Waals surface area contributed by atoms with Gasteiger partial charge in [0.15, 0.2) is 5.76 Å². The Kier molecular flexibility index (Phi) is 4.77. The lowest BCUT2D eigenvalue weighted by molar-refractivity contribution is 0.0949. The van der Waals surface area contributed by atoms with Gasteiger partial charge < -0.3 is 9.47 Å². The van der Waals surface area contributed by atoms with Crippen LogP contribution in [0.3, 0.4) is 0 Å². The molecule has 3 heterocycles. The van der Waals surface area contributed by atoms with Crippen LogP contribution in [-0.2, 0) is 13.0 Å². The van der Waals surface area contributed by atoms with Gasteiger partial charge in [0.05, 0.1) is 11.1 Å². The van der Waals surface area contributed by atoms with Gasteiger partial charge in [0.1, 0.15) is 24.0 Å². The van der Waals surface area contributed by atoms with E-state index in [0.717, 1.165) is 35.4 Å². The molecule has 0 aliphatic carbocycles. The number of halogens is 1. The fourth-order valence-corrected chi connectivity index (χ4v) is 3.70. The predicted octanol–water partition coefficient (Wildman–Crippen LogP) is 4.23. The average molecular weight is 402 g/mol. The Hall–Kier alpha value is -3.51. The summed E-state index contributed by atoms with van der Waals surface area (Å²) in [5.41, 5.74) is 3.35. The topological polar surface area (TPSA) is 51.7 Å². The van der Waals surface area contributed by atoms with E-state index in [9.17, 15) is 9.18 Å². The molecule has 0 spiro atoms. The van der Waals surface area contributed by atoms with Crippen molar-refractivity contribution in [2.24, 2.45) is 0 Å². The molecule has 0 radical (unpaired) electrons. The predicted molar refractivity (Wildman–Crippen MR) is 110 cm³/mol. The maximum absolute atomic E-state index is 13.1. The fraction of sp³-hybridized carbons (Fsp3) is 0.167. The zero-order valence-corrected chi connectivity index (χ0v) is 16.2. The molecule has 6 heteroatoms. The van der Waals surface area contributed by atoms with E-state index >= 15 is 0 Å². The molecule has 0 amide bonds. The lowest BCUT2D eigenvalue weighted by Crippen LogP contribution is -2.33. The summed E-state index contributed by atoms with van der Waals surface area (Å²) in [7, 11) is 0. The first-order valence-electron chi connectivity index (χ1n) is 9.77. The third-order valence-corrected chi connectivity index (χ3v) is 5.32. The van der Waals surface area contributed by atoms with Gasteiger partial charge in [0, 0.05) is 25.5 Å². The number of fused-ring (bicyclic) bond motifs is 3. The van der Waals surface area contributed by atoms with Crippen LogP contribution < -0.4 is 9.47 Å². The normalized spacial score (nSPS) is 16.7. The second-order valence-electron chi connectivity index (χ2n) is 7.34. The Bertz CT molecular complexity index is 1130. The number of carbonyl (C=O) groups excluding carboxylic acids is 1. The smallest absolute Gasteiger partial charge is 0.231 e. The number of aromatic nitrogens is 1. The van der Waals surface area contributed by atoms with Crippen LogP contribution in [0.5, 0.6) is 11.5 Å². The quantitative estimate of drug-likeness (QED) is 0.612. The van der Waals surface area contributed by atoms with Crippen molar-refractivity contribution in [3.8, 4) is 11.5 Å². The van der Waals surface area contributed by atoms with Crippen LogP contribution in [0.2, 0.25) is 0 Å². The zero-order chi connectivity index (χ0) is 20.5. The molecule has 0 unspecified atom stereocenters. The second-order valence-corrected chi connectivity index (χ2v) is 7.34. The number of Topliss-reactive ketones (excluding diaryl/α,β-unsaturated/α-hetero) is 1. The van der Waals surface area contributed by atoms with Crippen molar-refractivity contribution in [1.29, 1.82) is 0 Å². The first kappa shape index (κ1) is 18.5. The van der Waals surface area contributed by atoms with Crippen LogP contribution in [0.1, 0.15) is 27.0 Å². The van der Waals surface area contributed by atoms with E-state index in [0.29, 0.717) is 30.3 Å². The molecule has 0 saturated carbocycles. The molecule has 5 rings (SSSR count). The van der Waals surface area contributed by atoms with Crippen molar-refractivity contribution >= 4 is 11.9 Å². The molecule has 0 bridgehead atoms. The van der Waals surface area contributed by atoms with Gasteiger partial charge in [-0.05, 0) is 60.0 Å². The Labute approximate surface area is 173 Å². The highest BCUT2D eigenvalue weighted by Gasteiger charge is 2.33. The minimum absolute atomic E-state index is 0.131. The highest BCUT2D eigenvalue weighted by molar-refractivity contribution is 6.15. The molecule has 0 saturated heterocycles. The maximum Gasteiger partial charge on any atom is 0.231 e. The Morgan fingerprint density at radius 1 is 1.07 bits per heavy atom. The summed E-state index contributed by atoms with van der Waals surface area (Å²) >= 11 is 0. The molecular formula is C24H19FN2O3. The highest BCUT2D eigenvalue weighted by Crippen LogP contribution is 2.42. The van der Waals surface area contributed by atoms with Crippen LogP contribution in [0, 0.1) is 5.82 Å². The van der Waals surface area contributed by atoms with Crippen LogP contribution in [0.25, 0.3) is 6.08 Å². The fourth-order valence-electron chi connectivity index (χ4n) is 3.70. The number of ketones is 1. The van der Waals surface area contributed by atoms with Gasteiger partial charge >= 0.3 is 0 Å². The number of rotatable bonds is 4. The van der Waals surface area contributed by atoms with Crippen molar-refractivity contribution in [2.75, 3.05) is 13.3 Å². The zero-order valence-electron chi connectivity index (χ0n) is 16.2. The lowest BCUT2D eigenvalue weighted by Gasteiger charge is -2.29. The van der Waals surface area contributed by atoms with Crippen molar-refractivity contribution < 1.29 is 18.7 Å². The van der Waals surface area contributed by atoms with Gasteiger partial charge in [0.2, 0.25) is 5.78 Å². The third-order valence-electron chi connectivity index (χ3n) is 5.32. The second kappa shape index (κ2) is 7.72. The van der Waals surface area contributed by atoms with Gasteiger partial charge in [-0.15, -0.1) is 0 Å². The van der Waals surface area contributed by atoms with Gasteiger partial charge in [-0.3, -0.25) is 14.7 Å². The Morgan fingerprint density at radius 2 is 1.87 bits per heavy atom. The number of hydrogen-bond donors (Lipinski definition) is 0. The van der Waals surface area contributed by atoms with E-state index in [4.69, 9.17) is 9.47 Å². The van der Waals surface area contributed by atoms with Crippen molar-refractivity contribution in [1.82, 2.24) is 9.88 Å². The number of allylic oxidation sites excluding steroid dienone is 1. The third kappa shape index (κ3) is 3.57. The molecule has 0 atom stereocenters. The minimum Gasteiger partial charge on any atom is -0.478 e. The molecule has 2 aliphatic heterocycles. The first-order valence-corrected chi connectivity index (χ1v) is 9.77. The monoisotopic (exact) mass is 402 g/mol. The number of hydrogen-bond acceptors (Lipinski definition) is 5. The van der Waals surface area contributed by atoms with Crippen molar-refractivity contribution in [3.05, 3.63) is 94.8 Å². The van der Waals surface area contributed by atoms with Crippen LogP contribution in [0.15, 0.2) is 66.7 Å². The number of benzene rings is 2. The summed E-state index contributed by atoms with van der Waals surface area (Å²) in [6.07, 6.45) is 5.86. The van der Waals surface area contributed by atoms with E-state index in [2.05, 4.69) is 9.88 Å². The Balaban J connectivity index is 1.35. The minimum atomic E-state index is -0.234. The van der Waals surface area contributed by atoms with Crippen molar-refractivity contribution in [3.63, 3.8) is 0 Å². The molecule has 2 aromatic carbocycles. The largest absolute Gasteiger partial charge is 0.478 e. The van der Waals surface area contributed by atoms with E-state index in [1.54, 1.807) is 36.7 Å². The average Bonchev–Trinajstić information content (AvgIpc) is 3.10. The SMILES string of the molecule is O=C1/C(=C/c2ccncc2)Oc2c1ccc1c2CN(CCc2ccc(F)cc2)CO1. The molecule has 0 N–H and O–H groups in total. The summed E-state index contributed by atoms with van der Waals surface area (Å²) in [5.74, 6) is 1.25. The molecular weight excluding hydrogens is 383 g/mol. The first-order chi connectivity index (χ1) is 14.7. The molecule has 2 aliphatic rings. The highest BCUT2D eigenvalue weighted by atomic mass is 19.1. The Morgan fingerprint density at radius 3 is 2.67 bits per heavy atom. The summed E-state index contributed by atoms with van der Waals surface area (Å²) in [4.78, 5) is 18.9. The summed E-state index contributed by atoms with van der Waals surface area (Å²) in [6.45, 7) is 1.83. The van der Waals surface area contributed by atoms with E-state index in [1.807, 2.05) is 18.2 Å². The standard InChI is InChI=1S/C24H19FN2O3/c25-18-3-1-16(2-4-18)9-12-27-14-20-21(29-15-27)6-5-19-23(28)22(30-24(19)20)13-17-7-10-26-11-8-17/h1-8,10-11,13H,9,12,14-15H2/b22-13-. The van der Waals surface area contributed by atoms with Crippen LogP contribution >= 0.6 is 0 Å². The van der Waals surface area contributed by atoms with Crippen LogP contribution in [0.4, 0.5) is 4.39 Å². The maximum atomic E-state index is 13.1. The molecule has 30 heavy (non-hydrogen) atoms. The van der Waals surface area contributed by atoms with E-state index in [1.165, 1.54) is 12.1 Å². The van der Waals surface area contributed by atoms with E-state index in [-0.39, 0.29) is 11.6 Å². The van der Waals surface area contributed by atoms with Gasteiger partial charge in [0.25, 0.3) is 0 Å². The molecule has 150 valence electrons. The molecule has 3 aromatic rings. The number of pyridine rings is 1. The molecule has 5 nitrogen and oxygen atoms in total. The molecule has 1 aromatic heterocycles. The number of ether oxygens (including phenoxy) is 2. The summed E-state index contributed by atoms with van der Waals surface area (Å²) in [6, 6.07) is 13.8. The van der Waals surface area contributed by atoms with E-state index < -0.39 is 0 Å². The number of carbonyl (C=O) groups is 1. The molecule has 0 fully saturated rings. The van der Waals surface area contributed by atoms with Crippen molar-refractivity contribution in [2.45, 2.75) is 13.0 Å². The van der Waals surface area contributed by atoms with Gasteiger partial charge in [-0.2, -0.15) is 0 Å². The lowest BCUT2D eigenvalue weighted by atomic mass is 10.0. The van der Waals surface area contributed by atoms with Gasteiger partial charge in [-0.25, -0.2) is 4.39 Å². The summed E-state index contributed by atoms with van der Waals surface area (Å²) in [5, 5.41) is 0.